The van der Waals surface area contributed by atoms with Gasteiger partial charge < -0.3 is 10.5 Å². The highest BCUT2D eigenvalue weighted by Gasteiger charge is 2.35. The molecule has 1 heterocycles. The van der Waals surface area contributed by atoms with E-state index in [1.54, 1.807) is 5.38 Å². The Morgan fingerprint density at radius 3 is 2.62 bits per heavy atom. The minimum atomic E-state index is -4.57. The van der Waals surface area contributed by atoms with Gasteiger partial charge in [-0.2, -0.15) is 13.2 Å². The molecule has 21 heavy (non-hydrogen) atoms. The minimum absolute atomic E-state index is 0.0433. The van der Waals surface area contributed by atoms with E-state index in [2.05, 4.69) is 4.98 Å². The van der Waals surface area contributed by atoms with E-state index in [4.69, 9.17) is 10.5 Å². The number of nitrogen functional groups attached to an aromatic ring is 1. The average Bonchev–Trinajstić information content (AvgIpc) is 2.85. The van der Waals surface area contributed by atoms with E-state index in [-0.39, 0.29) is 23.9 Å². The van der Waals surface area contributed by atoms with E-state index in [9.17, 15) is 17.6 Å². The molecule has 1 aromatic carbocycles. The summed E-state index contributed by atoms with van der Waals surface area (Å²) < 4.78 is 56.2. The Labute approximate surface area is 122 Å². The number of rotatable bonds is 5. The van der Waals surface area contributed by atoms with Crippen molar-refractivity contribution in [3.05, 3.63) is 29.1 Å². The van der Waals surface area contributed by atoms with Gasteiger partial charge in [0.05, 0.1) is 24.5 Å². The maximum atomic E-state index is 13.1. The number of hydrogen-bond donors (Lipinski definition) is 1. The molecular weight excluding hydrogens is 308 g/mol. The molecule has 0 aliphatic carbocycles. The van der Waals surface area contributed by atoms with E-state index >= 15 is 0 Å². The topological polar surface area (TPSA) is 48.1 Å². The normalized spacial score (nSPS) is 11.6. The van der Waals surface area contributed by atoms with Gasteiger partial charge in [0.25, 0.3) is 0 Å². The highest BCUT2D eigenvalue weighted by molar-refractivity contribution is 7.13. The monoisotopic (exact) mass is 320 g/mol. The maximum absolute atomic E-state index is 13.1. The Hall–Kier alpha value is -1.83. The first-order valence-corrected chi connectivity index (χ1v) is 6.91. The highest BCUT2D eigenvalue weighted by Crippen LogP contribution is 2.39. The van der Waals surface area contributed by atoms with Crippen molar-refractivity contribution in [2.45, 2.75) is 12.6 Å². The number of nitrogens with zero attached hydrogens (tertiary/aromatic N) is 1. The SMILES string of the molecule is Nc1nc(-c2ccc(OCCCF)c(C(F)(F)F)c2)cs1. The molecule has 0 saturated heterocycles. The van der Waals surface area contributed by atoms with Crippen LogP contribution in [0.15, 0.2) is 23.6 Å². The Morgan fingerprint density at radius 2 is 2.05 bits per heavy atom. The van der Waals surface area contributed by atoms with Crippen molar-refractivity contribution in [3.8, 4) is 17.0 Å². The van der Waals surface area contributed by atoms with Gasteiger partial charge in [0.1, 0.15) is 5.75 Å². The number of alkyl halides is 4. The molecule has 8 heteroatoms. The molecule has 0 atom stereocenters. The summed E-state index contributed by atoms with van der Waals surface area (Å²) in [5, 5.41) is 1.86. The number of nitrogens with two attached hydrogens (primary N) is 1. The van der Waals surface area contributed by atoms with Crippen LogP contribution in [-0.2, 0) is 6.18 Å². The zero-order valence-electron chi connectivity index (χ0n) is 10.8. The molecule has 2 N–H and O–H groups in total. The van der Waals surface area contributed by atoms with Gasteiger partial charge >= 0.3 is 6.18 Å². The summed E-state index contributed by atoms with van der Waals surface area (Å²) in [6.45, 7) is -0.750. The molecule has 0 unspecified atom stereocenters. The summed E-state index contributed by atoms with van der Waals surface area (Å²) in [7, 11) is 0. The maximum Gasteiger partial charge on any atom is 0.419 e. The van der Waals surface area contributed by atoms with Crippen molar-refractivity contribution in [2.75, 3.05) is 19.0 Å². The summed E-state index contributed by atoms with van der Waals surface area (Å²) >= 11 is 1.15. The van der Waals surface area contributed by atoms with Gasteiger partial charge in [0.15, 0.2) is 5.13 Å². The van der Waals surface area contributed by atoms with Crippen molar-refractivity contribution >= 4 is 16.5 Å². The first-order valence-electron chi connectivity index (χ1n) is 6.03. The Bertz CT molecular complexity index is 612. The second-order valence-electron chi connectivity index (χ2n) is 4.17. The van der Waals surface area contributed by atoms with Crippen molar-refractivity contribution in [1.82, 2.24) is 4.98 Å². The van der Waals surface area contributed by atoms with Crippen molar-refractivity contribution in [2.24, 2.45) is 0 Å². The van der Waals surface area contributed by atoms with Crippen LogP contribution in [0.3, 0.4) is 0 Å². The molecule has 0 aliphatic rings. The van der Waals surface area contributed by atoms with Crippen LogP contribution in [0, 0.1) is 0 Å². The van der Waals surface area contributed by atoms with E-state index in [0.29, 0.717) is 11.3 Å². The predicted molar refractivity (Wildman–Crippen MR) is 73.1 cm³/mol. The molecule has 2 rings (SSSR count). The number of benzene rings is 1. The van der Waals surface area contributed by atoms with Crippen LogP contribution in [0.2, 0.25) is 0 Å². The fourth-order valence-corrected chi connectivity index (χ4v) is 2.27. The van der Waals surface area contributed by atoms with Crippen LogP contribution in [-0.4, -0.2) is 18.3 Å². The summed E-state index contributed by atoms with van der Waals surface area (Å²) in [6.07, 6.45) is -4.52. The molecule has 1 aromatic heterocycles. The molecule has 3 nitrogen and oxygen atoms in total. The number of aromatic nitrogens is 1. The lowest BCUT2D eigenvalue weighted by molar-refractivity contribution is -0.138. The van der Waals surface area contributed by atoms with Crippen LogP contribution < -0.4 is 10.5 Å². The lowest BCUT2D eigenvalue weighted by Crippen LogP contribution is -2.10. The third-order valence-electron chi connectivity index (χ3n) is 2.64. The fraction of sp³-hybridized carbons (Fsp3) is 0.308. The van der Waals surface area contributed by atoms with Gasteiger partial charge in [-0.05, 0) is 18.2 Å². The van der Waals surface area contributed by atoms with Crippen molar-refractivity contribution in [3.63, 3.8) is 0 Å². The number of thiazole rings is 1. The molecule has 0 aliphatic heterocycles. The molecule has 0 saturated carbocycles. The third-order valence-corrected chi connectivity index (χ3v) is 3.31. The lowest BCUT2D eigenvalue weighted by Gasteiger charge is -2.14. The molecule has 0 fully saturated rings. The predicted octanol–water partition coefficient (Wildman–Crippen LogP) is 4.15. The second-order valence-corrected chi connectivity index (χ2v) is 5.06. The summed E-state index contributed by atoms with van der Waals surface area (Å²) in [5.41, 5.74) is 5.24. The van der Waals surface area contributed by atoms with E-state index < -0.39 is 18.4 Å². The first-order chi connectivity index (χ1) is 9.91. The molecule has 2 aromatic rings. The van der Waals surface area contributed by atoms with Crippen LogP contribution in [0.4, 0.5) is 22.7 Å². The van der Waals surface area contributed by atoms with Gasteiger partial charge in [-0.1, -0.05) is 0 Å². The second kappa shape index (κ2) is 6.30. The van der Waals surface area contributed by atoms with Gasteiger partial charge in [-0.3, -0.25) is 4.39 Å². The van der Waals surface area contributed by atoms with E-state index in [1.165, 1.54) is 12.1 Å². The number of halogens is 4. The Kier molecular flexibility index (Phi) is 4.66. The van der Waals surface area contributed by atoms with Crippen LogP contribution >= 0.6 is 11.3 Å². The molecule has 0 bridgehead atoms. The Morgan fingerprint density at radius 1 is 1.29 bits per heavy atom. The minimum Gasteiger partial charge on any atom is -0.493 e. The highest BCUT2D eigenvalue weighted by atomic mass is 32.1. The third kappa shape index (κ3) is 3.84. The zero-order chi connectivity index (χ0) is 15.5. The summed E-state index contributed by atoms with van der Waals surface area (Å²) in [6, 6.07) is 3.64. The Balaban J connectivity index is 2.35. The molecule has 114 valence electrons. The van der Waals surface area contributed by atoms with Gasteiger partial charge in [0, 0.05) is 17.4 Å². The van der Waals surface area contributed by atoms with Crippen LogP contribution in [0.5, 0.6) is 5.75 Å². The van der Waals surface area contributed by atoms with Crippen LogP contribution in [0.1, 0.15) is 12.0 Å². The molecule has 0 spiro atoms. The number of ether oxygens (including phenoxy) is 1. The molecular formula is C13H12F4N2OS. The van der Waals surface area contributed by atoms with Gasteiger partial charge in [-0.25, -0.2) is 4.98 Å². The smallest absolute Gasteiger partial charge is 0.419 e. The van der Waals surface area contributed by atoms with Crippen molar-refractivity contribution in [1.29, 1.82) is 0 Å². The zero-order valence-corrected chi connectivity index (χ0v) is 11.6. The fourth-order valence-electron chi connectivity index (χ4n) is 1.69. The van der Waals surface area contributed by atoms with Crippen molar-refractivity contribution < 1.29 is 22.3 Å². The number of anilines is 1. The first kappa shape index (κ1) is 15.6. The largest absolute Gasteiger partial charge is 0.493 e. The lowest BCUT2D eigenvalue weighted by atomic mass is 10.1. The van der Waals surface area contributed by atoms with Gasteiger partial charge in [-0.15, -0.1) is 11.3 Å². The van der Waals surface area contributed by atoms with Gasteiger partial charge in [0.2, 0.25) is 0 Å². The molecule has 0 radical (unpaired) electrons. The van der Waals surface area contributed by atoms with E-state index in [0.717, 1.165) is 17.4 Å². The van der Waals surface area contributed by atoms with Crippen LogP contribution in [0.25, 0.3) is 11.3 Å². The standard InChI is InChI=1S/C13H12F4N2OS/c14-4-1-5-20-11-3-2-8(6-9(11)13(15,16)17)10-7-21-12(18)19-10/h2-3,6-7H,1,4-5H2,(H2,18,19). The number of hydrogen-bond acceptors (Lipinski definition) is 4. The quantitative estimate of drug-likeness (QED) is 0.665. The average molecular weight is 320 g/mol. The summed E-state index contributed by atoms with van der Waals surface area (Å²) in [5.74, 6) is -0.317. The van der Waals surface area contributed by atoms with E-state index in [1.807, 2.05) is 0 Å². The summed E-state index contributed by atoms with van der Waals surface area (Å²) in [4.78, 5) is 3.95. The molecule has 0 amide bonds.